The lowest BCUT2D eigenvalue weighted by atomic mass is 10.0. The van der Waals surface area contributed by atoms with Crippen LogP contribution >= 0.6 is 24.0 Å². The number of benzene rings is 1. The van der Waals surface area contributed by atoms with Crippen molar-refractivity contribution >= 4 is 35.8 Å². The Bertz CT molecular complexity index is 616. The maximum Gasteiger partial charge on any atom is 0.243 e. The Balaban J connectivity index is 0.00000392. The van der Waals surface area contributed by atoms with Crippen molar-refractivity contribution in [3.05, 3.63) is 35.6 Å². The molecule has 0 saturated carbocycles. The van der Waals surface area contributed by atoms with Crippen LogP contribution in [-0.4, -0.2) is 68.0 Å². The molecule has 1 aliphatic heterocycles. The number of guanidine groups is 1. The quantitative estimate of drug-likeness (QED) is 0.340. The molecule has 0 atom stereocenters. The van der Waals surface area contributed by atoms with Crippen LogP contribution in [0.1, 0.15) is 31.7 Å². The average molecular weight is 505 g/mol. The van der Waals surface area contributed by atoms with Crippen LogP contribution < -0.4 is 10.6 Å². The van der Waals surface area contributed by atoms with Gasteiger partial charge in [-0.2, -0.15) is 0 Å². The van der Waals surface area contributed by atoms with Crippen molar-refractivity contribution in [2.45, 2.75) is 38.8 Å². The van der Waals surface area contributed by atoms with E-state index < -0.39 is 0 Å². The van der Waals surface area contributed by atoms with E-state index in [9.17, 15) is 9.18 Å². The van der Waals surface area contributed by atoms with Crippen LogP contribution in [0.3, 0.4) is 0 Å². The first-order chi connectivity index (χ1) is 13.0. The number of likely N-dealkylation sites (N-methyl/N-ethyl adjacent to an activating group) is 1. The molecular formula is C20H33FIN5O. The molecule has 0 aromatic heterocycles. The lowest BCUT2D eigenvalue weighted by molar-refractivity contribution is -0.127. The van der Waals surface area contributed by atoms with Gasteiger partial charge in [-0.05, 0) is 37.0 Å². The van der Waals surface area contributed by atoms with Crippen molar-refractivity contribution in [1.82, 2.24) is 20.4 Å². The van der Waals surface area contributed by atoms with Gasteiger partial charge in [-0.1, -0.05) is 19.1 Å². The molecule has 0 aliphatic carbocycles. The summed E-state index contributed by atoms with van der Waals surface area (Å²) in [6.45, 7) is 5.88. The number of likely N-dealkylation sites (tertiary alicyclic amines) is 1. The van der Waals surface area contributed by atoms with Crippen molar-refractivity contribution in [3.8, 4) is 0 Å². The van der Waals surface area contributed by atoms with E-state index in [1.54, 1.807) is 19.0 Å². The highest BCUT2D eigenvalue weighted by Crippen LogP contribution is 2.14. The lowest BCUT2D eigenvalue weighted by Gasteiger charge is -2.33. The third-order valence-electron chi connectivity index (χ3n) is 4.66. The number of carbonyl (C=O) groups is 1. The van der Waals surface area contributed by atoms with E-state index in [4.69, 9.17) is 0 Å². The van der Waals surface area contributed by atoms with Crippen molar-refractivity contribution in [1.29, 1.82) is 0 Å². The van der Waals surface area contributed by atoms with E-state index in [0.717, 1.165) is 51.0 Å². The molecule has 1 aromatic rings. The molecule has 2 rings (SSSR count). The molecule has 1 aromatic carbocycles. The maximum atomic E-state index is 13.0. The summed E-state index contributed by atoms with van der Waals surface area (Å²) >= 11 is 0. The van der Waals surface area contributed by atoms with E-state index in [1.165, 1.54) is 12.1 Å². The Labute approximate surface area is 185 Å². The van der Waals surface area contributed by atoms with Gasteiger partial charge in [-0.15, -0.1) is 24.0 Å². The highest BCUT2D eigenvalue weighted by Gasteiger charge is 2.20. The van der Waals surface area contributed by atoms with Gasteiger partial charge in [-0.25, -0.2) is 9.38 Å². The number of rotatable bonds is 7. The summed E-state index contributed by atoms with van der Waals surface area (Å²) in [7, 11) is 3.47. The van der Waals surface area contributed by atoms with Gasteiger partial charge in [0.05, 0.1) is 0 Å². The van der Waals surface area contributed by atoms with Gasteiger partial charge in [0, 0.05) is 46.3 Å². The highest BCUT2D eigenvalue weighted by atomic mass is 127. The molecule has 2 N–H and O–H groups in total. The van der Waals surface area contributed by atoms with E-state index in [1.807, 2.05) is 12.1 Å². The van der Waals surface area contributed by atoms with Gasteiger partial charge in [-0.3, -0.25) is 9.69 Å². The zero-order valence-corrected chi connectivity index (χ0v) is 19.4. The van der Waals surface area contributed by atoms with E-state index in [2.05, 4.69) is 27.4 Å². The molecule has 158 valence electrons. The van der Waals surface area contributed by atoms with Crippen LogP contribution in [0, 0.1) is 5.82 Å². The molecule has 1 fully saturated rings. The second-order valence-corrected chi connectivity index (χ2v) is 7.20. The van der Waals surface area contributed by atoms with Gasteiger partial charge in [0.25, 0.3) is 0 Å². The summed E-state index contributed by atoms with van der Waals surface area (Å²) in [5.74, 6) is 0.506. The number of piperidine rings is 1. The van der Waals surface area contributed by atoms with Crippen LogP contribution in [0.2, 0.25) is 0 Å². The predicted molar refractivity (Wildman–Crippen MR) is 123 cm³/mol. The first-order valence-electron chi connectivity index (χ1n) is 9.69. The van der Waals surface area contributed by atoms with Crippen molar-refractivity contribution < 1.29 is 9.18 Å². The molecule has 8 heteroatoms. The third-order valence-corrected chi connectivity index (χ3v) is 4.66. The fourth-order valence-corrected chi connectivity index (χ4v) is 2.96. The molecule has 1 aliphatic rings. The minimum absolute atomic E-state index is 0. The van der Waals surface area contributed by atoms with Crippen LogP contribution in [0.5, 0.6) is 0 Å². The largest absolute Gasteiger partial charge is 0.356 e. The first-order valence-corrected chi connectivity index (χ1v) is 9.69. The smallest absolute Gasteiger partial charge is 0.243 e. The fraction of sp³-hybridized carbons (Fsp3) is 0.600. The monoisotopic (exact) mass is 505 g/mol. The predicted octanol–water partition coefficient (Wildman–Crippen LogP) is 2.44. The minimum atomic E-state index is -0.194. The molecule has 6 nitrogen and oxygen atoms in total. The second-order valence-electron chi connectivity index (χ2n) is 7.20. The fourth-order valence-electron chi connectivity index (χ4n) is 2.96. The van der Waals surface area contributed by atoms with Crippen molar-refractivity contribution in [2.75, 3.05) is 40.3 Å². The van der Waals surface area contributed by atoms with E-state index >= 15 is 0 Å². The summed E-state index contributed by atoms with van der Waals surface area (Å²) in [5.41, 5.74) is 1.14. The van der Waals surface area contributed by atoms with Gasteiger partial charge in [0.2, 0.25) is 5.91 Å². The van der Waals surface area contributed by atoms with Crippen LogP contribution in [0.4, 0.5) is 4.39 Å². The normalized spacial score (nSPS) is 15.6. The van der Waals surface area contributed by atoms with Crippen LogP contribution in [0.15, 0.2) is 29.3 Å². The lowest BCUT2D eigenvalue weighted by Crippen LogP contribution is -2.49. The average Bonchev–Trinajstić information content (AvgIpc) is 2.66. The summed E-state index contributed by atoms with van der Waals surface area (Å²) in [6.07, 6.45) is 3.02. The molecule has 1 amide bonds. The molecule has 1 heterocycles. The van der Waals surface area contributed by atoms with Crippen molar-refractivity contribution in [2.24, 2.45) is 4.99 Å². The Morgan fingerprint density at radius 2 is 1.89 bits per heavy atom. The Kier molecular flexibility index (Phi) is 11.4. The Morgan fingerprint density at radius 3 is 2.46 bits per heavy atom. The number of carbonyl (C=O) groups excluding carboxylic acids is 1. The SMILES string of the molecule is CCCNC(=NCC(=O)N(C)C)NC1CCN(Cc2ccc(F)cc2)CC1.I. The van der Waals surface area contributed by atoms with Crippen LogP contribution in [-0.2, 0) is 11.3 Å². The second kappa shape index (κ2) is 12.9. The van der Waals surface area contributed by atoms with Crippen molar-refractivity contribution in [3.63, 3.8) is 0 Å². The Morgan fingerprint density at radius 1 is 1.25 bits per heavy atom. The summed E-state index contributed by atoms with van der Waals surface area (Å²) < 4.78 is 13.0. The molecule has 0 radical (unpaired) electrons. The summed E-state index contributed by atoms with van der Waals surface area (Å²) in [5, 5.41) is 6.76. The molecule has 0 bridgehead atoms. The van der Waals surface area contributed by atoms with Gasteiger partial charge in [0.15, 0.2) is 5.96 Å². The topological polar surface area (TPSA) is 60.0 Å². The number of nitrogens with one attached hydrogen (secondary N) is 2. The number of hydrogen-bond donors (Lipinski definition) is 2. The molecule has 1 saturated heterocycles. The standard InChI is InChI=1S/C20H32FN5O.HI/c1-4-11-22-20(23-14-19(27)25(2)3)24-18-9-12-26(13-10-18)15-16-5-7-17(21)8-6-16;/h5-8,18H,4,9-15H2,1-3H3,(H2,22,23,24);1H. The zero-order valence-electron chi connectivity index (χ0n) is 17.1. The molecule has 0 unspecified atom stereocenters. The number of amides is 1. The van der Waals surface area contributed by atoms with Gasteiger partial charge >= 0.3 is 0 Å². The number of hydrogen-bond acceptors (Lipinski definition) is 3. The number of aliphatic imine (C=N–C) groups is 1. The Hall–Kier alpha value is -1.42. The minimum Gasteiger partial charge on any atom is -0.356 e. The van der Waals surface area contributed by atoms with Gasteiger partial charge in [0.1, 0.15) is 12.4 Å². The van der Waals surface area contributed by atoms with Gasteiger partial charge < -0.3 is 15.5 Å². The summed E-state index contributed by atoms with van der Waals surface area (Å²) in [4.78, 5) is 20.1. The van der Waals surface area contributed by atoms with E-state index in [0.29, 0.717) is 12.0 Å². The van der Waals surface area contributed by atoms with E-state index in [-0.39, 0.29) is 42.2 Å². The highest BCUT2D eigenvalue weighted by molar-refractivity contribution is 14.0. The van der Waals surface area contributed by atoms with Crippen LogP contribution in [0.25, 0.3) is 0 Å². The molecular weight excluding hydrogens is 472 g/mol. The summed E-state index contributed by atoms with van der Waals surface area (Å²) in [6, 6.07) is 7.07. The molecule has 28 heavy (non-hydrogen) atoms. The maximum absolute atomic E-state index is 13.0. The number of nitrogens with zero attached hydrogens (tertiary/aromatic N) is 3. The third kappa shape index (κ3) is 8.72. The molecule has 0 spiro atoms. The number of halogens is 2. The zero-order chi connectivity index (χ0) is 19.6. The first kappa shape index (κ1) is 24.6.